The fraction of sp³-hybridized carbons (Fsp3) is 0.533. The second-order valence-electron chi connectivity index (χ2n) is 5.39. The van der Waals surface area contributed by atoms with Crippen LogP contribution in [0.15, 0.2) is 12.1 Å². The molecule has 0 aliphatic carbocycles. The van der Waals surface area contributed by atoms with Crippen molar-refractivity contribution in [1.29, 1.82) is 0 Å². The van der Waals surface area contributed by atoms with Crippen molar-refractivity contribution in [2.24, 2.45) is 0 Å². The van der Waals surface area contributed by atoms with Gasteiger partial charge in [0.2, 0.25) is 0 Å². The average molecular weight is 307 g/mol. The number of nitrogens with zero attached hydrogens (tertiary/aromatic N) is 2. The van der Waals surface area contributed by atoms with Crippen LogP contribution in [-0.4, -0.2) is 42.5 Å². The molecule has 0 spiro atoms. The van der Waals surface area contributed by atoms with Crippen LogP contribution in [0.1, 0.15) is 17.8 Å². The zero-order chi connectivity index (χ0) is 14.8. The summed E-state index contributed by atoms with van der Waals surface area (Å²) in [6, 6.07) is 4.13. The normalized spacial score (nSPS) is 16.8. The Hall–Kier alpha value is -1.37. The van der Waals surface area contributed by atoms with E-state index in [1.54, 1.807) is 11.3 Å². The van der Waals surface area contributed by atoms with Crippen molar-refractivity contribution in [1.82, 2.24) is 4.98 Å². The van der Waals surface area contributed by atoms with E-state index in [4.69, 9.17) is 15.6 Å². The molecule has 0 unspecified atom stereocenters. The summed E-state index contributed by atoms with van der Waals surface area (Å²) in [6.45, 7) is 4.39. The molecule has 1 aromatic carbocycles. The number of thiazole rings is 1. The van der Waals surface area contributed by atoms with E-state index in [1.807, 2.05) is 13.0 Å². The first kappa shape index (κ1) is 14.6. The summed E-state index contributed by atoms with van der Waals surface area (Å²) in [6.07, 6.45) is 2.18. The van der Waals surface area contributed by atoms with E-state index in [2.05, 4.69) is 16.0 Å². The molecule has 5 nitrogen and oxygen atoms in total. The molecule has 2 aromatic rings. The lowest BCUT2D eigenvalue weighted by atomic mass is 10.1. The second kappa shape index (κ2) is 6.17. The number of aliphatic hydroxyl groups excluding tert-OH is 1. The van der Waals surface area contributed by atoms with E-state index < -0.39 is 0 Å². The number of hydrogen-bond acceptors (Lipinski definition) is 6. The first-order valence-electron chi connectivity index (χ1n) is 7.31. The van der Waals surface area contributed by atoms with Crippen LogP contribution >= 0.6 is 11.3 Å². The number of anilines is 2. The molecule has 2 heterocycles. The summed E-state index contributed by atoms with van der Waals surface area (Å²) in [5.74, 6) is 0. The largest absolute Gasteiger partial charge is 0.397 e. The molecule has 0 atom stereocenters. The second-order valence-corrected chi connectivity index (χ2v) is 6.63. The van der Waals surface area contributed by atoms with Crippen molar-refractivity contribution in [2.75, 3.05) is 36.9 Å². The molecule has 0 saturated carbocycles. The van der Waals surface area contributed by atoms with Crippen LogP contribution in [0.3, 0.4) is 0 Å². The van der Waals surface area contributed by atoms with Crippen molar-refractivity contribution in [2.45, 2.75) is 25.9 Å². The minimum atomic E-state index is 0.0903. The molecule has 114 valence electrons. The zero-order valence-corrected chi connectivity index (χ0v) is 13.0. The lowest BCUT2D eigenvalue weighted by Gasteiger charge is -2.34. The molecule has 1 fully saturated rings. The number of piperidine rings is 1. The Morgan fingerprint density at radius 2 is 2.19 bits per heavy atom. The van der Waals surface area contributed by atoms with Crippen molar-refractivity contribution >= 4 is 32.9 Å². The van der Waals surface area contributed by atoms with Crippen molar-refractivity contribution in [3.63, 3.8) is 0 Å². The van der Waals surface area contributed by atoms with E-state index in [-0.39, 0.29) is 12.7 Å². The van der Waals surface area contributed by atoms with E-state index in [9.17, 15) is 0 Å². The molecule has 1 saturated heterocycles. The highest BCUT2D eigenvalue weighted by Crippen LogP contribution is 2.33. The minimum absolute atomic E-state index is 0.0903. The number of aromatic nitrogens is 1. The Morgan fingerprint density at radius 3 is 2.90 bits per heavy atom. The molecule has 1 aliphatic rings. The lowest BCUT2D eigenvalue weighted by molar-refractivity contribution is 0.0159. The molecular formula is C15H21N3O2S. The Bertz CT molecular complexity index is 621. The van der Waals surface area contributed by atoms with Gasteiger partial charge in [0.15, 0.2) is 0 Å². The molecule has 21 heavy (non-hydrogen) atoms. The predicted molar refractivity (Wildman–Crippen MR) is 87.0 cm³/mol. The maximum atomic E-state index is 8.81. The molecule has 6 heteroatoms. The van der Waals surface area contributed by atoms with Gasteiger partial charge in [0.1, 0.15) is 0 Å². The van der Waals surface area contributed by atoms with Gasteiger partial charge in [-0.05, 0) is 31.9 Å². The highest BCUT2D eigenvalue weighted by molar-refractivity contribution is 7.18. The zero-order valence-electron chi connectivity index (χ0n) is 12.2. The Balaban J connectivity index is 1.74. The third-order valence-electron chi connectivity index (χ3n) is 3.87. The van der Waals surface area contributed by atoms with Crippen molar-refractivity contribution in [3.8, 4) is 0 Å². The predicted octanol–water partition coefficient (Wildman–Crippen LogP) is 2.16. The third-order valence-corrected chi connectivity index (χ3v) is 4.80. The molecule has 3 N–H and O–H groups in total. The summed E-state index contributed by atoms with van der Waals surface area (Å²) in [7, 11) is 0. The van der Waals surface area contributed by atoms with Crippen LogP contribution in [0, 0.1) is 6.92 Å². The first-order chi connectivity index (χ1) is 10.2. The van der Waals surface area contributed by atoms with E-state index >= 15 is 0 Å². The third kappa shape index (κ3) is 3.12. The Labute approximate surface area is 128 Å². The number of aryl methyl sites for hydroxylation is 1. The van der Waals surface area contributed by atoms with Gasteiger partial charge in [0, 0.05) is 13.1 Å². The number of rotatable bonds is 4. The van der Waals surface area contributed by atoms with Crippen LogP contribution in [0.4, 0.5) is 11.4 Å². The van der Waals surface area contributed by atoms with Crippen molar-refractivity contribution in [3.05, 3.63) is 17.1 Å². The van der Waals surface area contributed by atoms with Gasteiger partial charge in [0.25, 0.3) is 0 Å². The number of aliphatic hydroxyl groups is 1. The molecule has 1 aliphatic heterocycles. The fourth-order valence-electron chi connectivity index (χ4n) is 2.85. The summed E-state index contributed by atoms with van der Waals surface area (Å²) in [5.41, 5.74) is 9.14. The molecule has 0 bridgehead atoms. The Morgan fingerprint density at radius 1 is 1.43 bits per heavy atom. The van der Waals surface area contributed by atoms with Gasteiger partial charge in [-0.1, -0.05) is 0 Å². The Kier molecular flexibility index (Phi) is 4.28. The van der Waals surface area contributed by atoms with Crippen molar-refractivity contribution < 1.29 is 9.84 Å². The first-order valence-corrected chi connectivity index (χ1v) is 8.13. The van der Waals surface area contributed by atoms with Crippen LogP contribution in [-0.2, 0) is 4.74 Å². The molecule has 3 rings (SSSR count). The van der Waals surface area contributed by atoms with Gasteiger partial charge in [0.05, 0.1) is 45.9 Å². The summed E-state index contributed by atoms with van der Waals surface area (Å²) in [5, 5.41) is 9.88. The number of benzene rings is 1. The average Bonchev–Trinajstić information content (AvgIpc) is 2.84. The molecule has 0 radical (unpaired) electrons. The summed E-state index contributed by atoms with van der Waals surface area (Å²) >= 11 is 1.68. The molecule has 1 aromatic heterocycles. The fourth-order valence-corrected chi connectivity index (χ4v) is 3.71. The van der Waals surface area contributed by atoms with Gasteiger partial charge >= 0.3 is 0 Å². The summed E-state index contributed by atoms with van der Waals surface area (Å²) in [4.78, 5) is 6.86. The number of nitrogen functional groups attached to an aromatic ring is 1. The van der Waals surface area contributed by atoms with Gasteiger partial charge in [-0.15, -0.1) is 11.3 Å². The van der Waals surface area contributed by atoms with Gasteiger partial charge in [-0.2, -0.15) is 0 Å². The van der Waals surface area contributed by atoms with Crippen LogP contribution < -0.4 is 10.6 Å². The number of nitrogens with two attached hydrogens (primary N) is 1. The van der Waals surface area contributed by atoms with Crippen LogP contribution in [0.25, 0.3) is 10.2 Å². The topological polar surface area (TPSA) is 71.6 Å². The highest BCUT2D eigenvalue weighted by Gasteiger charge is 2.21. The number of fused-ring (bicyclic) bond motifs is 1. The molecular weight excluding hydrogens is 286 g/mol. The standard InChI is InChI=1S/C15H21N3O2S/c1-10-17-13-9-14(12(16)8-15(13)21-10)18-4-2-11(3-5-18)20-7-6-19/h8-9,11,19H,2-7,16H2,1H3. The smallest absolute Gasteiger partial charge is 0.0907 e. The van der Waals surface area contributed by atoms with Gasteiger partial charge in [-0.3, -0.25) is 0 Å². The van der Waals surface area contributed by atoms with Gasteiger partial charge in [-0.25, -0.2) is 4.98 Å². The van der Waals surface area contributed by atoms with E-state index in [0.29, 0.717) is 6.61 Å². The quantitative estimate of drug-likeness (QED) is 0.847. The SMILES string of the molecule is Cc1nc2cc(N3CCC(OCCO)CC3)c(N)cc2s1. The van der Waals surface area contributed by atoms with Crippen LogP contribution in [0.5, 0.6) is 0 Å². The lowest BCUT2D eigenvalue weighted by Crippen LogP contribution is -2.37. The number of hydrogen-bond donors (Lipinski definition) is 2. The highest BCUT2D eigenvalue weighted by atomic mass is 32.1. The minimum Gasteiger partial charge on any atom is -0.397 e. The monoisotopic (exact) mass is 307 g/mol. The summed E-state index contributed by atoms with van der Waals surface area (Å²) < 4.78 is 6.75. The number of ether oxygens (including phenoxy) is 1. The van der Waals surface area contributed by atoms with Crippen LogP contribution in [0.2, 0.25) is 0 Å². The van der Waals surface area contributed by atoms with E-state index in [0.717, 1.165) is 52.5 Å². The maximum absolute atomic E-state index is 8.81. The van der Waals surface area contributed by atoms with Gasteiger partial charge < -0.3 is 20.5 Å². The van der Waals surface area contributed by atoms with E-state index in [1.165, 1.54) is 0 Å². The maximum Gasteiger partial charge on any atom is 0.0907 e. The molecule has 0 amide bonds.